The second kappa shape index (κ2) is 9.73. The Hall–Kier alpha value is -0.160. The molecular formula is C14H31N3O. The minimum Gasteiger partial charge on any atom is -0.381 e. The van der Waals surface area contributed by atoms with Gasteiger partial charge in [-0.3, -0.25) is 0 Å². The predicted octanol–water partition coefficient (Wildman–Crippen LogP) is 1.03. The number of piperidine rings is 1. The van der Waals surface area contributed by atoms with Gasteiger partial charge in [0, 0.05) is 46.4 Å². The van der Waals surface area contributed by atoms with Crippen molar-refractivity contribution < 1.29 is 4.74 Å². The lowest BCUT2D eigenvalue weighted by Gasteiger charge is -2.31. The van der Waals surface area contributed by atoms with E-state index < -0.39 is 0 Å². The topological polar surface area (TPSA) is 27.7 Å². The van der Waals surface area contributed by atoms with E-state index in [2.05, 4.69) is 29.0 Å². The third-order valence-electron chi connectivity index (χ3n) is 3.97. The van der Waals surface area contributed by atoms with Gasteiger partial charge in [-0.25, -0.2) is 0 Å². The zero-order chi connectivity index (χ0) is 13.2. The van der Waals surface area contributed by atoms with E-state index in [4.69, 9.17) is 4.74 Å². The molecule has 0 unspecified atom stereocenters. The minimum absolute atomic E-state index is 0.497. The van der Waals surface area contributed by atoms with Crippen LogP contribution in [0.3, 0.4) is 0 Å². The molecular weight excluding hydrogens is 226 g/mol. The molecule has 0 atom stereocenters. The Kier molecular flexibility index (Phi) is 8.59. The van der Waals surface area contributed by atoms with Crippen molar-refractivity contribution in [2.45, 2.75) is 32.8 Å². The van der Waals surface area contributed by atoms with Crippen LogP contribution in [0.5, 0.6) is 0 Å². The van der Waals surface area contributed by atoms with Crippen LogP contribution in [0.2, 0.25) is 0 Å². The van der Waals surface area contributed by atoms with Gasteiger partial charge in [0.05, 0.1) is 6.10 Å². The molecule has 1 aliphatic rings. The molecule has 0 aromatic heterocycles. The first-order valence-corrected chi connectivity index (χ1v) is 7.48. The van der Waals surface area contributed by atoms with Gasteiger partial charge in [-0.15, -0.1) is 0 Å². The lowest BCUT2D eigenvalue weighted by Crippen LogP contribution is -2.41. The molecule has 0 aromatic carbocycles. The third-order valence-corrected chi connectivity index (χ3v) is 3.97. The van der Waals surface area contributed by atoms with Crippen molar-refractivity contribution in [1.29, 1.82) is 0 Å². The highest BCUT2D eigenvalue weighted by Crippen LogP contribution is 2.11. The molecule has 1 rings (SSSR count). The number of likely N-dealkylation sites (N-methyl/N-ethyl adjacent to an activating group) is 1. The largest absolute Gasteiger partial charge is 0.381 e. The van der Waals surface area contributed by atoms with Crippen LogP contribution in [-0.2, 0) is 4.74 Å². The average molecular weight is 257 g/mol. The fourth-order valence-electron chi connectivity index (χ4n) is 2.51. The fraction of sp³-hybridized carbons (Fsp3) is 1.00. The summed E-state index contributed by atoms with van der Waals surface area (Å²) >= 11 is 0. The SMILES string of the molecule is CCN(CC)CCNCCN1CCC(OC)CC1. The highest BCUT2D eigenvalue weighted by molar-refractivity contribution is 4.72. The van der Waals surface area contributed by atoms with Crippen molar-refractivity contribution in [3.63, 3.8) is 0 Å². The van der Waals surface area contributed by atoms with E-state index in [0.717, 1.165) is 26.2 Å². The fourth-order valence-corrected chi connectivity index (χ4v) is 2.51. The van der Waals surface area contributed by atoms with Gasteiger partial charge in [0.15, 0.2) is 0 Å². The number of hydrogen-bond donors (Lipinski definition) is 1. The standard InChI is InChI=1S/C14H31N3O/c1-4-16(5-2)12-8-15-9-13-17-10-6-14(18-3)7-11-17/h14-15H,4-13H2,1-3H3. The Morgan fingerprint density at radius 2 is 1.83 bits per heavy atom. The summed E-state index contributed by atoms with van der Waals surface area (Å²) in [5.74, 6) is 0. The minimum atomic E-state index is 0.497. The number of nitrogens with zero attached hydrogens (tertiary/aromatic N) is 2. The number of hydrogen-bond acceptors (Lipinski definition) is 4. The summed E-state index contributed by atoms with van der Waals surface area (Å²) < 4.78 is 5.39. The van der Waals surface area contributed by atoms with Crippen LogP contribution in [0, 0.1) is 0 Å². The first-order valence-electron chi connectivity index (χ1n) is 7.48. The normalized spacial score (nSPS) is 18.7. The zero-order valence-corrected chi connectivity index (χ0v) is 12.5. The molecule has 0 radical (unpaired) electrons. The highest BCUT2D eigenvalue weighted by atomic mass is 16.5. The molecule has 1 fully saturated rings. The molecule has 18 heavy (non-hydrogen) atoms. The van der Waals surface area contributed by atoms with Gasteiger partial charge < -0.3 is 19.9 Å². The smallest absolute Gasteiger partial charge is 0.0595 e. The maximum absolute atomic E-state index is 5.39. The lowest BCUT2D eigenvalue weighted by atomic mass is 10.1. The van der Waals surface area contributed by atoms with Crippen LogP contribution in [0.15, 0.2) is 0 Å². The molecule has 1 aliphatic heterocycles. The van der Waals surface area contributed by atoms with Gasteiger partial charge in [0.2, 0.25) is 0 Å². The average Bonchev–Trinajstić information content (AvgIpc) is 2.43. The zero-order valence-electron chi connectivity index (χ0n) is 12.5. The van der Waals surface area contributed by atoms with Crippen molar-refractivity contribution in [1.82, 2.24) is 15.1 Å². The molecule has 0 bridgehead atoms. The summed E-state index contributed by atoms with van der Waals surface area (Å²) in [4.78, 5) is 5.00. The van der Waals surface area contributed by atoms with E-state index in [9.17, 15) is 0 Å². The second-order valence-corrected chi connectivity index (χ2v) is 5.05. The monoisotopic (exact) mass is 257 g/mol. The number of rotatable bonds is 9. The van der Waals surface area contributed by atoms with E-state index in [1.54, 1.807) is 0 Å². The van der Waals surface area contributed by atoms with Crippen LogP contribution >= 0.6 is 0 Å². The molecule has 0 aromatic rings. The number of likely N-dealkylation sites (tertiary alicyclic amines) is 1. The van der Waals surface area contributed by atoms with Gasteiger partial charge in [-0.1, -0.05) is 13.8 Å². The second-order valence-electron chi connectivity index (χ2n) is 5.05. The molecule has 1 heterocycles. The van der Waals surface area contributed by atoms with Crippen molar-refractivity contribution in [2.24, 2.45) is 0 Å². The van der Waals surface area contributed by atoms with Crippen molar-refractivity contribution in [2.75, 3.05) is 59.5 Å². The maximum atomic E-state index is 5.39. The Morgan fingerprint density at radius 3 is 2.39 bits per heavy atom. The summed E-state index contributed by atoms with van der Waals surface area (Å²) in [5.41, 5.74) is 0. The Bertz CT molecular complexity index is 189. The summed E-state index contributed by atoms with van der Waals surface area (Å²) in [5, 5.41) is 3.54. The van der Waals surface area contributed by atoms with E-state index in [0.29, 0.717) is 6.10 Å². The van der Waals surface area contributed by atoms with Crippen molar-refractivity contribution in [3.05, 3.63) is 0 Å². The molecule has 0 saturated carbocycles. The summed E-state index contributed by atoms with van der Waals surface area (Å²) in [6, 6.07) is 0. The Labute approximate surface area is 113 Å². The summed E-state index contributed by atoms with van der Waals surface area (Å²) in [6.45, 7) is 13.7. The molecule has 4 nitrogen and oxygen atoms in total. The lowest BCUT2D eigenvalue weighted by molar-refractivity contribution is 0.0414. The summed E-state index contributed by atoms with van der Waals surface area (Å²) in [7, 11) is 1.83. The Balaban J connectivity index is 1.95. The van der Waals surface area contributed by atoms with Crippen molar-refractivity contribution >= 4 is 0 Å². The van der Waals surface area contributed by atoms with Crippen LogP contribution in [0.1, 0.15) is 26.7 Å². The molecule has 0 aliphatic carbocycles. The number of ether oxygens (including phenoxy) is 1. The van der Waals surface area contributed by atoms with Gasteiger partial charge in [-0.05, 0) is 25.9 Å². The number of nitrogens with one attached hydrogen (secondary N) is 1. The predicted molar refractivity (Wildman–Crippen MR) is 77.1 cm³/mol. The Morgan fingerprint density at radius 1 is 1.17 bits per heavy atom. The third kappa shape index (κ3) is 6.14. The van der Waals surface area contributed by atoms with Crippen LogP contribution < -0.4 is 5.32 Å². The molecule has 0 spiro atoms. The first-order chi connectivity index (χ1) is 8.80. The van der Waals surface area contributed by atoms with Crippen molar-refractivity contribution in [3.8, 4) is 0 Å². The van der Waals surface area contributed by atoms with Gasteiger partial charge in [-0.2, -0.15) is 0 Å². The summed E-state index contributed by atoms with van der Waals surface area (Å²) in [6.07, 6.45) is 2.88. The van der Waals surface area contributed by atoms with Crippen LogP contribution in [0.25, 0.3) is 0 Å². The van der Waals surface area contributed by atoms with Gasteiger partial charge in [0.25, 0.3) is 0 Å². The van der Waals surface area contributed by atoms with Gasteiger partial charge >= 0.3 is 0 Å². The van der Waals surface area contributed by atoms with E-state index in [1.165, 1.54) is 39.0 Å². The number of methoxy groups -OCH3 is 1. The molecule has 0 amide bonds. The quantitative estimate of drug-likeness (QED) is 0.624. The van der Waals surface area contributed by atoms with Gasteiger partial charge in [0.1, 0.15) is 0 Å². The molecule has 1 saturated heterocycles. The first kappa shape index (κ1) is 15.9. The van der Waals surface area contributed by atoms with Crippen LogP contribution in [0.4, 0.5) is 0 Å². The molecule has 1 N–H and O–H groups in total. The maximum Gasteiger partial charge on any atom is 0.0595 e. The van der Waals surface area contributed by atoms with Crippen LogP contribution in [-0.4, -0.2) is 75.4 Å². The van der Waals surface area contributed by atoms with E-state index in [-0.39, 0.29) is 0 Å². The molecule has 4 heteroatoms. The highest BCUT2D eigenvalue weighted by Gasteiger charge is 2.17. The molecule has 108 valence electrons. The van der Waals surface area contributed by atoms with E-state index in [1.807, 2.05) is 7.11 Å². The van der Waals surface area contributed by atoms with E-state index >= 15 is 0 Å².